The first kappa shape index (κ1) is 15.3. The normalized spacial score (nSPS) is 12.6. The van der Waals surface area contributed by atoms with Gasteiger partial charge in [-0.15, -0.1) is 11.3 Å². The van der Waals surface area contributed by atoms with Crippen molar-refractivity contribution in [3.05, 3.63) is 56.8 Å². The molecule has 1 aromatic carbocycles. The summed E-state index contributed by atoms with van der Waals surface area (Å²) in [6.45, 7) is 9.80. The van der Waals surface area contributed by atoms with Gasteiger partial charge in [0.1, 0.15) is 0 Å². The number of hydrogen-bond donors (Lipinski definition) is 1. The molecule has 0 saturated carbocycles. The summed E-state index contributed by atoms with van der Waals surface area (Å²) in [5.74, 6) is 0. The second-order valence-electron chi connectivity index (χ2n) is 5.40. The van der Waals surface area contributed by atoms with E-state index in [0.29, 0.717) is 6.04 Å². The molecular formula is C18H25NS. The molecule has 2 aromatic rings. The molecule has 0 bridgehead atoms. The number of hydrogen-bond acceptors (Lipinski definition) is 2. The van der Waals surface area contributed by atoms with Crippen molar-refractivity contribution in [2.45, 2.75) is 46.6 Å². The van der Waals surface area contributed by atoms with Crippen molar-refractivity contribution in [3.8, 4) is 0 Å². The Balaban J connectivity index is 2.22. The summed E-state index contributed by atoms with van der Waals surface area (Å²) >= 11 is 1.95. The van der Waals surface area contributed by atoms with Gasteiger partial charge in [-0.05, 0) is 56.5 Å². The molecule has 1 atom stereocenters. The topological polar surface area (TPSA) is 12.0 Å². The number of aryl methyl sites for hydroxylation is 3. The molecule has 0 radical (unpaired) electrons. The van der Waals surface area contributed by atoms with Crippen LogP contribution in [-0.2, 0) is 12.8 Å². The van der Waals surface area contributed by atoms with Crippen LogP contribution in [0, 0.1) is 13.8 Å². The van der Waals surface area contributed by atoms with Crippen LogP contribution in [0.1, 0.15) is 46.3 Å². The number of nitrogens with one attached hydrogen (secondary N) is 1. The zero-order valence-electron chi connectivity index (χ0n) is 13.0. The molecule has 1 heterocycles. The van der Waals surface area contributed by atoms with Gasteiger partial charge in [-0.25, -0.2) is 0 Å². The minimum Gasteiger partial charge on any atom is -0.309 e. The van der Waals surface area contributed by atoms with Crippen molar-refractivity contribution >= 4 is 11.3 Å². The maximum absolute atomic E-state index is 3.64. The summed E-state index contributed by atoms with van der Waals surface area (Å²) in [5, 5.41) is 3.64. The highest BCUT2D eigenvalue weighted by Gasteiger charge is 2.14. The first-order chi connectivity index (χ1) is 9.63. The third-order valence-electron chi connectivity index (χ3n) is 3.75. The van der Waals surface area contributed by atoms with E-state index in [4.69, 9.17) is 0 Å². The van der Waals surface area contributed by atoms with Crippen LogP contribution in [0.15, 0.2) is 30.3 Å². The summed E-state index contributed by atoms with van der Waals surface area (Å²) in [4.78, 5) is 2.94. The molecule has 108 valence electrons. The van der Waals surface area contributed by atoms with E-state index in [1.54, 1.807) is 0 Å². The maximum Gasteiger partial charge on any atom is 0.0455 e. The van der Waals surface area contributed by atoms with Gasteiger partial charge in [-0.1, -0.05) is 37.6 Å². The van der Waals surface area contributed by atoms with Crippen LogP contribution in [0.3, 0.4) is 0 Å². The van der Waals surface area contributed by atoms with Crippen molar-refractivity contribution in [1.29, 1.82) is 0 Å². The molecule has 1 aromatic heterocycles. The Morgan fingerprint density at radius 3 is 2.55 bits per heavy atom. The monoisotopic (exact) mass is 287 g/mol. The zero-order valence-corrected chi connectivity index (χ0v) is 13.8. The van der Waals surface area contributed by atoms with Gasteiger partial charge in [0, 0.05) is 15.8 Å². The second-order valence-corrected chi connectivity index (χ2v) is 6.60. The second kappa shape index (κ2) is 7.05. The van der Waals surface area contributed by atoms with Crippen LogP contribution >= 0.6 is 11.3 Å². The summed E-state index contributed by atoms with van der Waals surface area (Å²) in [6.07, 6.45) is 2.21. The first-order valence-corrected chi connectivity index (χ1v) is 8.33. The van der Waals surface area contributed by atoms with Crippen LogP contribution in [0.5, 0.6) is 0 Å². The minimum absolute atomic E-state index is 0.436. The van der Waals surface area contributed by atoms with E-state index >= 15 is 0 Å². The highest BCUT2D eigenvalue weighted by molar-refractivity contribution is 7.12. The molecule has 0 saturated heterocycles. The van der Waals surface area contributed by atoms with E-state index in [1.165, 1.54) is 26.4 Å². The Hall–Kier alpha value is -1.12. The fraction of sp³-hybridized carbons (Fsp3) is 0.444. The van der Waals surface area contributed by atoms with Crippen molar-refractivity contribution in [2.24, 2.45) is 0 Å². The molecular weight excluding hydrogens is 262 g/mol. The van der Waals surface area contributed by atoms with E-state index in [-0.39, 0.29) is 0 Å². The number of likely N-dealkylation sites (N-methyl/N-ethyl adjacent to an activating group) is 1. The van der Waals surface area contributed by atoms with Gasteiger partial charge < -0.3 is 5.32 Å². The number of rotatable bonds is 6. The molecule has 1 unspecified atom stereocenters. The van der Waals surface area contributed by atoms with Gasteiger partial charge in [0.15, 0.2) is 0 Å². The number of thiophene rings is 1. The summed E-state index contributed by atoms with van der Waals surface area (Å²) in [6, 6.07) is 11.8. The molecule has 1 nitrogen and oxygen atoms in total. The van der Waals surface area contributed by atoms with Gasteiger partial charge in [0.25, 0.3) is 0 Å². The van der Waals surface area contributed by atoms with Crippen LogP contribution in [0.25, 0.3) is 0 Å². The lowest BCUT2D eigenvalue weighted by atomic mass is 9.98. The van der Waals surface area contributed by atoms with E-state index in [0.717, 1.165) is 19.4 Å². The standard InChI is InChI=1S/C18H25NS/c1-5-16-9-10-18(20-16)17(19-6-2)12-15-11-13(3)7-8-14(15)4/h7-11,17,19H,5-6,12H2,1-4H3. The van der Waals surface area contributed by atoms with Crippen molar-refractivity contribution < 1.29 is 0 Å². The molecule has 0 fully saturated rings. The van der Waals surface area contributed by atoms with Gasteiger partial charge >= 0.3 is 0 Å². The lowest BCUT2D eigenvalue weighted by Crippen LogP contribution is -2.22. The van der Waals surface area contributed by atoms with E-state index in [9.17, 15) is 0 Å². The zero-order chi connectivity index (χ0) is 14.5. The van der Waals surface area contributed by atoms with Crippen LogP contribution in [0.2, 0.25) is 0 Å². The molecule has 0 aliphatic rings. The van der Waals surface area contributed by atoms with Gasteiger partial charge in [-0.2, -0.15) is 0 Å². The van der Waals surface area contributed by atoms with Crippen molar-refractivity contribution in [2.75, 3.05) is 6.54 Å². The van der Waals surface area contributed by atoms with Crippen LogP contribution in [0.4, 0.5) is 0 Å². The van der Waals surface area contributed by atoms with E-state index in [2.05, 4.69) is 63.3 Å². The molecule has 0 amide bonds. The molecule has 0 spiro atoms. The third-order valence-corrected chi connectivity index (χ3v) is 5.10. The minimum atomic E-state index is 0.436. The van der Waals surface area contributed by atoms with Crippen molar-refractivity contribution in [1.82, 2.24) is 5.32 Å². The van der Waals surface area contributed by atoms with Gasteiger partial charge in [0.05, 0.1) is 0 Å². The Morgan fingerprint density at radius 2 is 1.90 bits per heavy atom. The Labute approximate surface area is 127 Å². The lowest BCUT2D eigenvalue weighted by molar-refractivity contribution is 0.557. The SMILES string of the molecule is CCNC(Cc1cc(C)ccc1C)c1ccc(CC)s1. The van der Waals surface area contributed by atoms with Crippen LogP contribution < -0.4 is 5.32 Å². The highest BCUT2D eigenvalue weighted by Crippen LogP contribution is 2.27. The predicted molar refractivity (Wildman–Crippen MR) is 89.7 cm³/mol. The molecule has 2 heteroatoms. The average Bonchev–Trinajstić information content (AvgIpc) is 2.91. The highest BCUT2D eigenvalue weighted by atomic mass is 32.1. The van der Waals surface area contributed by atoms with E-state index in [1.807, 2.05) is 11.3 Å². The molecule has 0 aliphatic carbocycles. The molecule has 20 heavy (non-hydrogen) atoms. The van der Waals surface area contributed by atoms with E-state index < -0.39 is 0 Å². The first-order valence-electron chi connectivity index (χ1n) is 7.52. The van der Waals surface area contributed by atoms with Crippen LogP contribution in [-0.4, -0.2) is 6.54 Å². The summed E-state index contributed by atoms with van der Waals surface area (Å²) in [7, 11) is 0. The summed E-state index contributed by atoms with van der Waals surface area (Å²) in [5.41, 5.74) is 4.20. The summed E-state index contributed by atoms with van der Waals surface area (Å²) < 4.78 is 0. The third kappa shape index (κ3) is 3.71. The van der Waals surface area contributed by atoms with Gasteiger partial charge in [0.2, 0.25) is 0 Å². The van der Waals surface area contributed by atoms with Crippen molar-refractivity contribution in [3.63, 3.8) is 0 Å². The predicted octanol–water partition coefficient (Wildman–Crippen LogP) is 4.82. The lowest BCUT2D eigenvalue weighted by Gasteiger charge is -2.18. The Kier molecular flexibility index (Phi) is 5.38. The molecule has 0 aliphatic heterocycles. The van der Waals surface area contributed by atoms with Gasteiger partial charge in [-0.3, -0.25) is 0 Å². The number of benzene rings is 1. The quantitative estimate of drug-likeness (QED) is 0.803. The Morgan fingerprint density at radius 1 is 1.10 bits per heavy atom. The smallest absolute Gasteiger partial charge is 0.0455 e. The molecule has 1 N–H and O–H groups in total. The molecule has 2 rings (SSSR count). The average molecular weight is 287 g/mol. The fourth-order valence-corrected chi connectivity index (χ4v) is 3.56. The maximum atomic E-state index is 3.64. The Bertz CT molecular complexity index is 556. The fourth-order valence-electron chi connectivity index (χ4n) is 2.53. The largest absolute Gasteiger partial charge is 0.309 e.